The molecule has 0 amide bonds. The van der Waals surface area contributed by atoms with Crippen LogP contribution in [0.3, 0.4) is 0 Å². The van der Waals surface area contributed by atoms with Crippen molar-refractivity contribution in [2.24, 2.45) is 40.4 Å². The molecule has 5 unspecified atom stereocenters. The van der Waals surface area contributed by atoms with Crippen LogP contribution < -0.4 is 0 Å². The van der Waals surface area contributed by atoms with E-state index >= 15 is 0 Å². The molecule has 1 nitrogen and oxygen atoms in total. The molecule has 0 aromatic rings. The van der Waals surface area contributed by atoms with Gasteiger partial charge in [-0.3, -0.25) is 0 Å². The van der Waals surface area contributed by atoms with Crippen molar-refractivity contribution < 1.29 is 5.11 Å². The van der Waals surface area contributed by atoms with Crippen molar-refractivity contribution in [3.63, 3.8) is 0 Å². The summed E-state index contributed by atoms with van der Waals surface area (Å²) in [5, 5.41) is 10.1. The number of aliphatic hydroxyl groups is 1. The molecular weight excluding hydrogens is 304 g/mol. The Labute approximate surface area is 154 Å². The Hall–Kier alpha value is -0.740. The van der Waals surface area contributed by atoms with E-state index in [1.165, 1.54) is 44.9 Å². The van der Waals surface area contributed by atoms with Gasteiger partial charge in [0.2, 0.25) is 0 Å². The first kappa shape index (κ1) is 17.7. The molecule has 0 radical (unpaired) electrons. The zero-order chi connectivity index (χ0) is 17.8. The fourth-order valence-corrected chi connectivity index (χ4v) is 7.90. The van der Waals surface area contributed by atoms with Gasteiger partial charge in [0.25, 0.3) is 0 Å². The molecule has 0 aliphatic heterocycles. The van der Waals surface area contributed by atoms with E-state index in [4.69, 9.17) is 0 Å². The van der Waals surface area contributed by atoms with Crippen LogP contribution in [0.5, 0.6) is 0 Å². The quantitative estimate of drug-likeness (QED) is 0.487. The number of allylic oxidation sites excluding steroid dienone is 1. The summed E-state index contributed by atoms with van der Waals surface area (Å²) in [7, 11) is 0. The highest BCUT2D eigenvalue weighted by Crippen LogP contribution is 2.67. The van der Waals surface area contributed by atoms with E-state index in [1.807, 2.05) is 6.92 Å². The molecule has 0 aromatic carbocycles. The summed E-state index contributed by atoms with van der Waals surface area (Å²) in [6.07, 6.45) is 12.4. The lowest BCUT2D eigenvalue weighted by molar-refractivity contribution is -0.0590. The van der Waals surface area contributed by atoms with Crippen LogP contribution in [-0.2, 0) is 0 Å². The topological polar surface area (TPSA) is 20.2 Å². The molecule has 1 heteroatoms. The molecule has 4 aliphatic rings. The van der Waals surface area contributed by atoms with Gasteiger partial charge in [0, 0.05) is 5.92 Å². The van der Waals surface area contributed by atoms with Gasteiger partial charge in [-0.1, -0.05) is 32.4 Å². The van der Waals surface area contributed by atoms with Gasteiger partial charge in [-0.25, -0.2) is 0 Å². The zero-order valence-electron chi connectivity index (χ0n) is 16.6. The minimum absolute atomic E-state index is 0.183. The largest absolute Gasteiger partial charge is 0.389 e. The third-order valence-corrected chi connectivity index (χ3v) is 9.14. The number of fused-ring (bicyclic) bond motifs is 5. The third-order valence-electron chi connectivity index (χ3n) is 9.14. The van der Waals surface area contributed by atoms with Gasteiger partial charge in [-0.2, -0.15) is 0 Å². The molecule has 4 aliphatic carbocycles. The van der Waals surface area contributed by atoms with Crippen LogP contribution >= 0.6 is 0 Å². The molecule has 3 saturated carbocycles. The summed E-state index contributed by atoms with van der Waals surface area (Å²) in [4.78, 5) is 0. The smallest absolute Gasteiger partial charge is 0.0724 e. The number of rotatable bonds is 1. The summed E-state index contributed by atoms with van der Waals surface area (Å²) < 4.78 is 0. The molecule has 8 atom stereocenters. The fourth-order valence-electron chi connectivity index (χ4n) is 7.90. The van der Waals surface area contributed by atoms with Gasteiger partial charge in [-0.05, 0) is 92.8 Å². The second-order valence-electron chi connectivity index (χ2n) is 10.0. The first-order valence-electron chi connectivity index (χ1n) is 10.7. The Bertz CT molecular complexity index is 622. The molecule has 25 heavy (non-hydrogen) atoms. The van der Waals surface area contributed by atoms with E-state index in [9.17, 15) is 5.11 Å². The molecular formula is C24H36O. The van der Waals surface area contributed by atoms with E-state index in [0.29, 0.717) is 16.7 Å². The molecule has 1 N–H and O–H groups in total. The third kappa shape index (κ3) is 2.55. The van der Waals surface area contributed by atoms with Crippen molar-refractivity contribution in [3.05, 3.63) is 11.6 Å². The van der Waals surface area contributed by atoms with Gasteiger partial charge in [0.1, 0.15) is 0 Å². The van der Waals surface area contributed by atoms with E-state index in [2.05, 4.69) is 38.7 Å². The summed E-state index contributed by atoms with van der Waals surface area (Å²) >= 11 is 0. The van der Waals surface area contributed by atoms with Crippen molar-refractivity contribution in [2.75, 3.05) is 0 Å². The molecule has 138 valence electrons. The molecule has 0 bridgehead atoms. The second-order valence-corrected chi connectivity index (χ2v) is 10.0. The Morgan fingerprint density at radius 2 is 1.88 bits per heavy atom. The predicted octanol–water partition coefficient (Wildman–Crippen LogP) is 5.59. The summed E-state index contributed by atoms with van der Waals surface area (Å²) in [6, 6.07) is 0. The maximum absolute atomic E-state index is 10.1. The Balaban J connectivity index is 1.62. The molecule has 0 saturated heterocycles. The minimum atomic E-state index is -0.183. The van der Waals surface area contributed by atoms with Crippen molar-refractivity contribution in [1.29, 1.82) is 0 Å². The highest BCUT2D eigenvalue weighted by Gasteiger charge is 2.59. The highest BCUT2D eigenvalue weighted by molar-refractivity contribution is 5.25. The van der Waals surface area contributed by atoms with E-state index in [0.717, 1.165) is 30.1 Å². The number of hydrogen-bond acceptors (Lipinski definition) is 1. The SMILES string of the molecule is CC#CC(C)C1CCC2C3CCC4=C[C@@H](O)CC[C@]4(C)C3CC[C@]12C. The standard InChI is InChI=1S/C24H36O/c1-5-6-16(2)20-9-10-21-19-8-7-17-15-18(25)11-13-23(17,3)22(19)12-14-24(20,21)4/h15-16,18-22,25H,7-14H2,1-4H3/t16?,18-,19?,20?,21?,22?,23-,24+/m0/s1. The van der Waals surface area contributed by atoms with E-state index in [-0.39, 0.29) is 6.10 Å². The van der Waals surface area contributed by atoms with Crippen LogP contribution in [0, 0.1) is 52.3 Å². The number of hydrogen-bond donors (Lipinski definition) is 1. The lowest BCUT2D eigenvalue weighted by Crippen LogP contribution is -2.51. The summed E-state index contributed by atoms with van der Waals surface area (Å²) in [6.45, 7) is 9.50. The van der Waals surface area contributed by atoms with Crippen molar-refractivity contribution >= 4 is 0 Å². The normalized spacial score (nSPS) is 49.8. The lowest BCUT2D eigenvalue weighted by Gasteiger charge is -2.58. The minimum Gasteiger partial charge on any atom is -0.389 e. The average Bonchev–Trinajstić information content (AvgIpc) is 2.93. The highest BCUT2D eigenvalue weighted by atomic mass is 16.3. The lowest BCUT2D eigenvalue weighted by atomic mass is 9.46. The molecule has 3 fully saturated rings. The van der Waals surface area contributed by atoms with Gasteiger partial charge in [-0.15, -0.1) is 11.8 Å². The van der Waals surface area contributed by atoms with Gasteiger partial charge >= 0.3 is 0 Å². The van der Waals surface area contributed by atoms with Crippen molar-refractivity contribution in [2.45, 2.75) is 85.2 Å². The first-order chi connectivity index (χ1) is 11.9. The fraction of sp³-hybridized carbons (Fsp3) is 0.833. The molecule has 0 aromatic heterocycles. The van der Waals surface area contributed by atoms with Crippen molar-refractivity contribution in [3.8, 4) is 11.8 Å². The maximum Gasteiger partial charge on any atom is 0.0724 e. The number of aliphatic hydroxyl groups excluding tert-OH is 1. The van der Waals surface area contributed by atoms with Crippen LogP contribution in [0.15, 0.2) is 11.6 Å². The van der Waals surface area contributed by atoms with E-state index < -0.39 is 0 Å². The van der Waals surface area contributed by atoms with Crippen LogP contribution in [0.25, 0.3) is 0 Å². The monoisotopic (exact) mass is 340 g/mol. The first-order valence-corrected chi connectivity index (χ1v) is 10.7. The Kier molecular flexibility index (Phi) is 4.35. The van der Waals surface area contributed by atoms with Crippen LogP contribution in [0.4, 0.5) is 0 Å². The van der Waals surface area contributed by atoms with Crippen LogP contribution in [0.2, 0.25) is 0 Å². The van der Waals surface area contributed by atoms with Gasteiger partial charge in [0.05, 0.1) is 6.10 Å². The van der Waals surface area contributed by atoms with Crippen LogP contribution in [0.1, 0.15) is 79.1 Å². The Morgan fingerprint density at radius 3 is 2.64 bits per heavy atom. The average molecular weight is 341 g/mol. The van der Waals surface area contributed by atoms with Gasteiger partial charge < -0.3 is 5.11 Å². The summed E-state index contributed by atoms with van der Waals surface area (Å²) in [5.41, 5.74) is 2.47. The maximum atomic E-state index is 10.1. The molecule has 0 heterocycles. The summed E-state index contributed by atoms with van der Waals surface area (Å²) in [5.74, 6) is 10.7. The zero-order valence-corrected chi connectivity index (χ0v) is 16.6. The molecule has 0 spiro atoms. The van der Waals surface area contributed by atoms with E-state index in [1.54, 1.807) is 5.57 Å². The Morgan fingerprint density at radius 1 is 1.08 bits per heavy atom. The van der Waals surface area contributed by atoms with Crippen molar-refractivity contribution in [1.82, 2.24) is 0 Å². The predicted molar refractivity (Wildman–Crippen MR) is 104 cm³/mol. The van der Waals surface area contributed by atoms with Crippen LogP contribution in [-0.4, -0.2) is 11.2 Å². The second kappa shape index (κ2) is 6.16. The molecule has 4 rings (SSSR count). The van der Waals surface area contributed by atoms with Gasteiger partial charge in [0.15, 0.2) is 0 Å².